The summed E-state index contributed by atoms with van der Waals surface area (Å²) in [7, 11) is 0. The molecule has 0 aliphatic heterocycles. The lowest BCUT2D eigenvalue weighted by Crippen LogP contribution is -1.74. The Balaban J connectivity index is 2.02. The summed E-state index contributed by atoms with van der Waals surface area (Å²) >= 11 is 0. The zero-order valence-electron chi connectivity index (χ0n) is 11.5. The third-order valence-corrected chi connectivity index (χ3v) is 3.22. The zero-order valence-corrected chi connectivity index (χ0v) is 11.5. The number of benzene rings is 3. The number of hydrogen-bond acceptors (Lipinski definition) is 4. The molecule has 0 saturated carbocycles. The molecule has 0 spiro atoms. The van der Waals surface area contributed by atoms with E-state index in [0.29, 0.717) is 22.7 Å². The molecule has 0 amide bonds. The molecule has 3 aromatic carbocycles. The molecule has 0 saturated heterocycles. The van der Waals surface area contributed by atoms with Crippen LogP contribution in [0.25, 0.3) is 20.7 Å². The number of fused-ring (bicyclic) bond motifs is 1. The predicted octanol–water partition coefficient (Wildman–Crippen LogP) is 6.22. The van der Waals surface area contributed by atoms with Crippen LogP contribution in [0, 0.1) is 10.8 Å². The Labute approximate surface area is 126 Å². The van der Waals surface area contributed by atoms with Crippen molar-refractivity contribution >= 4 is 33.5 Å². The summed E-state index contributed by atoms with van der Waals surface area (Å²) in [6, 6.07) is 17.6. The highest BCUT2D eigenvalue weighted by molar-refractivity contribution is 6.00. The highest BCUT2D eigenvalue weighted by Gasteiger charge is 2.13. The fourth-order valence-electron chi connectivity index (χ4n) is 2.14. The number of rotatable bonds is 2. The van der Waals surface area contributed by atoms with Gasteiger partial charge in [-0.1, -0.05) is 18.2 Å². The van der Waals surface area contributed by atoms with E-state index < -0.39 is 0 Å². The molecule has 0 N–H and O–H groups in total. The fraction of sp³-hybridized carbons (Fsp3) is 0. The minimum Gasteiger partial charge on any atom is -0.151 e. The molecule has 0 aliphatic carbocycles. The minimum absolute atomic E-state index is 0.457. The van der Waals surface area contributed by atoms with Crippen LogP contribution in [0.15, 0.2) is 70.9 Å². The van der Waals surface area contributed by atoms with Crippen molar-refractivity contribution < 1.29 is 0 Å². The van der Waals surface area contributed by atoms with Crippen molar-refractivity contribution in [2.45, 2.75) is 0 Å². The molecule has 0 atom stereocenters. The summed E-state index contributed by atoms with van der Waals surface area (Å²) in [5.41, 5.74) is 2.27. The maximum Gasteiger partial charge on any atom is 0.392 e. The molecule has 22 heavy (non-hydrogen) atoms. The molecule has 0 fully saturated rings. The van der Waals surface area contributed by atoms with E-state index in [-0.39, 0.29) is 0 Å². The molecular formula is C16H10N6+2. The number of azo groups is 1. The minimum atomic E-state index is 0.457. The smallest absolute Gasteiger partial charge is 0.151 e. The Morgan fingerprint density at radius 1 is 0.682 bits per heavy atom. The normalized spacial score (nSPS) is 10.5. The second-order valence-corrected chi connectivity index (χ2v) is 4.57. The second kappa shape index (κ2) is 5.78. The largest absolute Gasteiger partial charge is 0.392 e. The molecular weight excluding hydrogens is 276 g/mol. The number of nitrogens with zero attached hydrogens (tertiary/aromatic N) is 6. The fourth-order valence-corrected chi connectivity index (χ4v) is 2.14. The Morgan fingerprint density at radius 3 is 2.09 bits per heavy atom. The average molecular weight is 286 g/mol. The Hall–Kier alpha value is -3.64. The maximum atomic E-state index is 9.03. The van der Waals surface area contributed by atoms with Gasteiger partial charge < -0.3 is 0 Å². The van der Waals surface area contributed by atoms with Gasteiger partial charge in [0.05, 0.1) is 16.8 Å². The number of hydrogen-bond donors (Lipinski definition) is 0. The maximum absolute atomic E-state index is 9.03. The standard InChI is InChI=1S/C16H10N6/c17-19-11-5-7-12(8-6-11)21-22-16-10-9-15(20-18)13-3-1-2-4-14(13)16/h1-10H/q+2. The van der Waals surface area contributed by atoms with Crippen LogP contribution in [0.2, 0.25) is 0 Å². The van der Waals surface area contributed by atoms with E-state index in [1.54, 1.807) is 36.4 Å². The van der Waals surface area contributed by atoms with E-state index in [1.165, 1.54) is 0 Å². The third-order valence-electron chi connectivity index (χ3n) is 3.22. The lowest BCUT2D eigenvalue weighted by Gasteiger charge is -1.98. The highest BCUT2D eigenvalue weighted by Crippen LogP contribution is 2.34. The molecule has 3 aromatic rings. The van der Waals surface area contributed by atoms with Crippen molar-refractivity contribution in [3.8, 4) is 0 Å². The van der Waals surface area contributed by atoms with Gasteiger partial charge in [-0.05, 0) is 24.3 Å². The van der Waals surface area contributed by atoms with Crippen LogP contribution < -0.4 is 0 Å². The molecule has 6 nitrogen and oxygen atoms in total. The van der Waals surface area contributed by atoms with Gasteiger partial charge in [0.15, 0.2) is 9.95 Å². The summed E-state index contributed by atoms with van der Waals surface area (Å²) in [4.78, 5) is 6.35. The van der Waals surface area contributed by atoms with Gasteiger partial charge in [-0.3, -0.25) is 0 Å². The van der Waals surface area contributed by atoms with Crippen molar-refractivity contribution in [1.29, 1.82) is 10.8 Å². The monoisotopic (exact) mass is 286 g/mol. The Kier molecular flexibility index (Phi) is 3.51. The van der Waals surface area contributed by atoms with Crippen molar-refractivity contribution in [3.05, 3.63) is 70.6 Å². The lowest BCUT2D eigenvalue weighted by molar-refractivity contribution is 1.24. The highest BCUT2D eigenvalue weighted by atomic mass is 15.1. The van der Waals surface area contributed by atoms with Gasteiger partial charge in [-0.25, -0.2) is 0 Å². The molecule has 0 radical (unpaired) electrons. The first-order valence-electron chi connectivity index (χ1n) is 6.55. The zero-order chi connectivity index (χ0) is 15.4. The molecule has 0 unspecified atom stereocenters. The molecule has 102 valence electrons. The van der Waals surface area contributed by atoms with Crippen LogP contribution in [-0.2, 0) is 0 Å². The van der Waals surface area contributed by atoms with Crippen LogP contribution in [0.5, 0.6) is 0 Å². The van der Waals surface area contributed by atoms with Gasteiger partial charge in [-0.2, -0.15) is 5.11 Å². The summed E-state index contributed by atoms with van der Waals surface area (Å²) < 4.78 is 0. The quantitative estimate of drug-likeness (QED) is 0.413. The van der Waals surface area contributed by atoms with E-state index >= 15 is 0 Å². The second-order valence-electron chi connectivity index (χ2n) is 4.57. The lowest BCUT2D eigenvalue weighted by atomic mass is 10.1. The van der Waals surface area contributed by atoms with Crippen LogP contribution in [0.3, 0.4) is 0 Å². The summed E-state index contributed by atoms with van der Waals surface area (Å²) in [5.74, 6) is 0. The van der Waals surface area contributed by atoms with Gasteiger partial charge in [0.2, 0.25) is 10.8 Å². The molecule has 0 aromatic heterocycles. The number of diazo groups is 2. The first kappa shape index (κ1) is 13.3. The van der Waals surface area contributed by atoms with Crippen LogP contribution in [-0.4, -0.2) is 0 Å². The van der Waals surface area contributed by atoms with Gasteiger partial charge in [-0.15, -0.1) is 5.11 Å². The van der Waals surface area contributed by atoms with Gasteiger partial charge >= 0.3 is 11.4 Å². The Morgan fingerprint density at radius 2 is 1.41 bits per heavy atom. The third kappa shape index (κ3) is 2.49. The molecule has 3 rings (SSSR count). The first-order valence-corrected chi connectivity index (χ1v) is 6.55. The molecule has 0 aliphatic rings. The predicted molar refractivity (Wildman–Crippen MR) is 84.1 cm³/mol. The van der Waals surface area contributed by atoms with Crippen molar-refractivity contribution in [3.63, 3.8) is 0 Å². The summed E-state index contributed by atoms with van der Waals surface area (Å²) in [5, 5.41) is 27.7. The van der Waals surface area contributed by atoms with Gasteiger partial charge in [0.25, 0.3) is 0 Å². The summed E-state index contributed by atoms with van der Waals surface area (Å²) in [6.45, 7) is 0. The van der Waals surface area contributed by atoms with E-state index in [4.69, 9.17) is 10.8 Å². The van der Waals surface area contributed by atoms with Crippen LogP contribution in [0.1, 0.15) is 0 Å². The van der Waals surface area contributed by atoms with E-state index in [1.807, 2.05) is 24.3 Å². The Bertz CT molecular complexity index is 945. The molecule has 0 heterocycles. The van der Waals surface area contributed by atoms with Crippen LogP contribution >= 0.6 is 0 Å². The van der Waals surface area contributed by atoms with Crippen molar-refractivity contribution in [2.75, 3.05) is 0 Å². The van der Waals surface area contributed by atoms with E-state index in [9.17, 15) is 0 Å². The first-order chi connectivity index (χ1) is 10.8. The van der Waals surface area contributed by atoms with Crippen molar-refractivity contribution in [2.24, 2.45) is 10.2 Å². The topological polar surface area (TPSA) is 81.0 Å². The molecule has 6 heteroatoms. The van der Waals surface area contributed by atoms with Crippen LogP contribution in [0.4, 0.5) is 22.7 Å². The van der Waals surface area contributed by atoms with Crippen molar-refractivity contribution in [1.82, 2.24) is 0 Å². The van der Waals surface area contributed by atoms with E-state index in [0.717, 1.165) is 10.8 Å². The van der Waals surface area contributed by atoms with Gasteiger partial charge in [0.1, 0.15) is 0 Å². The SMILES string of the molecule is N#[N+]c1ccc(N=Nc2ccc([N+]#N)c3ccccc23)cc1. The van der Waals surface area contributed by atoms with Gasteiger partial charge in [0, 0.05) is 23.6 Å². The molecule has 0 bridgehead atoms. The summed E-state index contributed by atoms with van der Waals surface area (Å²) in [6.07, 6.45) is 0. The average Bonchev–Trinajstić information content (AvgIpc) is 2.60. The van der Waals surface area contributed by atoms with E-state index in [2.05, 4.69) is 20.2 Å².